The van der Waals surface area contributed by atoms with E-state index in [0.717, 1.165) is 24.4 Å². The fourth-order valence-electron chi connectivity index (χ4n) is 2.20. The zero-order valence-corrected chi connectivity index (χ0v) is 12.0. The number of anilines is 1. The fraction of sp³-hybridized carbons (Fsp3) is 0.643. The summed E-state index contributed by atoms with van der Waals surface area (Å²) in [5, 5.41) is 6.31. The molecule has 0 saturated heterocycles. The minimum atomic E-state index is 0.0255. The van der Waals surface area contributed by atoms with Crippen molar-refractivity contribution in [1.82, 2.24) is 15.3 Å². The Morgan fingerprint density at radius 1 is 1.26 bits per heavy atom. The lowest BCUT2D eigenvalue weighted by Crippen LogP contribution is -2.49. The molecule has 5 nitrogen and oxygen atoms in total. The molecule has 0 aromatic carbocycles. The molecule has 1 saturated carbocycles. The molecule has 0 unspecified atom stereocenters. The minimum Gasteiger partial charge on any atom is -0.367 e. The van der Waals surface area contributed by atoms with Crippen LogP contribution >= 0.6 is 0 Å². The van der Waals surface area contributed by atoms with Gasteiger partial charge in [-0.1, -0.05) is 20.8 Å². The highest BCUT2D eigenvalue weighted by atomic mass is 16.1. The molecule has 1 heterocycles. The van der Waals surface area contributed by atoms with Crippen molar-refractivity contribution in [2.24, 2.45) is 0 Å². The van der Waals surface area contributed by atoms with Crippen LogP contribution in [-0.4, -0.2) is 28.0 Å². The summed E-state index contributed by atoms with van der Waals surface area (Å²) < 4.78 is 0. The van der Waals surface area contributed by atoms with E-state index in [1.165, 1.54) is 0 Å². The number of amides is 1. The van der Waals surface area contributed by atoms with Crippen molar-refractivity contribution in [3.63, 3.8) is 0 Å². The van der Waals surface area contributed by atoms with Crippen molar-refractivity contribution in [3.8, 4) is 0 Å². The molecule has 1 amide bonds. The van der Waals surface area contributed by atoms with Crippen molar-refractivity contribution in [2.75, 3.05) is 5.32 Å². The van der Waals surface area contributed by atoms with Gasteiger partial charge in [0.1, 0.15) is 12.1 Å². The Bertz CT molecular complexity index is 461. The highest BCUT2D eigenvalue weighted by Crippen LogP contribution is 2.25. The summed E-state index contributed by atoms with van der Waals surface area (Å²) in [6, 6.07) is 2.70. The smallest absolute Gasteiger partial charge is 0.217 e. The van der Waals surface area contributed by atoms with E-state index < -0.39 is 0 Å². The number of rotatable bonds is 3. The Hall–Kier alpha value is -1.65. The first-order valence-electron chi connectivity index (χ1n) is 6.71. The van der Waals surface area contributed by atoms with Crippen molar-refractivity contribution >= 4 is 11.7 Å². The van der Waals surface area contributed by atoms with Gasteiger partial charge in [-0.15, -0.1) is 0 Å². The molecule has 0 aliphatic heterocycles. The molecule has 0 atom stereocenters. The molecule has 1 aromatic rings. The topological polar surface area (TPSA) is 66.9 Å². The molecule has 1 aromatic heterocycles. The van der Waals surface area contributed by atoms with Crippen LogP contribution < -0.4 is 10.6 Å². The highest BCUT2D eigenvalue weighted by molar-refractivity contribution is 5.73. The maximum Gasteiger partial charge on any atom is 0.217 e. The van der Waals surface area contributed by atoms with Crippen molar-refractivity contribution < 1.29 is 4.79 Å². The Morgan fingerprint density at radius 3 is 2.53 bits per heavy atom. The lowest BCUT2D eigenvalue weighted by molar-refractivity contribution is -0.120. The van der Waals surface area contributed by atoms with Gasteiger partial charge in [0.05, 0.1) is 5.69 Å². The van der Waals surface area contributed by atoms with E-state index in [1.807, 2.05) is 6.07 Å². The zero-order chi connectivity index (χ0) is 14.0. The number of nitrogens with zero attached hydrogens (tertiary/aromatic N) is 2. The first kappa shape index (κ1) is 13.8. The van der Waals surface area contributed by atoms with Gasteiger partial charge in [0.25, 0.3) is 0 Å². The monoisotopic (exact) mass is 262 g/mol. The summed E-state index contributed by atoms with van der Waals surface area (Å²) >= 11 is 0. The lowest BCUT2D eigenvalue weighted by atomic mass is 9.86. The van der Waals surface area contributed by atoms with E-state index in [0.29, 0.717) is 12.1 Å². The number of carbonyl (C=O) groups excluding carboxylic acids is 1. The predicted octanol–water partition coefficient (Wildman–Crippen LogP) is 1.85. The van der Waals surface area contributed by atoms with Crippen LogP contribution in [0.2, 0.25) is 0 Å². The summed E-state index contributed by atoms with van der Waals surface area (Å²) in [5.41, 5.74) is 1.06. The van der Waals surface area contributed by atoms with Crippen LogP contribution in [0, 0.1) is 0 Å². The van der Waals surface area contributed by atoms with Crippen LogP contribution in [0.25, 0.3) is 0 Å². The van der Waals surface area contributed by atoms with Gasteiger partial charge in [0, 0.05) is 30.5 Å². The first-order chi connectivity index (χ1) is 8.84. The van der Waals surface area contributed by atoms with Crippen LogP contribution in [-0.2, 0) is 10.2 Å². The SMILES string of the molecule is CC(=O)NC1CC(Nc2cc(C(C)(C)C)ncn2)C1. The van der Waals surface area contributed by atoms with Gasteiger partial charge in [0.2, 0.25) is 5.91 Å². The van der Waals surface area contributed by atoms with Crippen LogP contribution in [0.3, 0.4) is 0 Å². The van der Waals surface area contributed by atoms with Gasteiger partial charge >= 0.3 is 0 Å². The molecule has 2 N–H and O–H groups in total. The van der Waals surface area contributed by atoms with Crippen molar-refractivity contribution in [1.29, 1.82) is 0 Å². The maximum atomic E-state index is 10.9. The zero-order valence-electron chi connectivity index (χ0n) is 12.0. The van der Waals surface area contributed by atoms with E-state index >= 15 is 0 Å². The lowest BCUT2D eigenvalue weighted by Gasteiger charge is -2.36. The summed E-state index contributed by atoms with van der Waals surface area (Å²) in [6.07, 6.45) is 3.51. The van der Waals surface area contributed by atoms with Gasteiger partial charge in [-0.05, 0) is 12.8 Å². The molecule has 0 radical (unpaired) electrons. The van der Waals surface area contributed by atoms with E-state index in [-0.39, 0.29) is 11.3 Å². The molecular weight excluding hydrogens is 240 g/mol. The molecule has 19 heavy (non-hydrogen) atoms. The fourth-order valence-corrected chi connectivity index (χ4v) is 2.20. The third-order valence-electron chi connectivity index (χ3n) is 3.33. The summed E-state index contributed by atoms with van der Waals surface area (Å²) in [4.78, 5) is 19.5. The standard InChI is InChI=1S/C14H22N4O/c1-9(19)17-10-5-11(6-10)18-13-7-12(14(2,3)4)15-8-16-13/h7-8,10-11H,5-6H2,1-4H3,(H,17,19)(H,15,16,18). The first-order valence-corrected chi connectivity index (χ1v) is 6.71. The summed E-state index contributed by atoms with van der Waals surface area (Å²) in [5.74, 6) is 0.909. The van der Waals surface area contributed by atoms with Gasteiger partial charge in [-0.3, -0.25) is 4.79 Å². The summed E-state index contributed by atoms with van der Waals surface area (Å²) in [6.45, 7) is 7.96. The van der Waals surface area contributed by atoms with Gasteiger partial charge < -0.3 is 10.6 Å². The average Bonchev–Trinajstić information content (AvgIpc) is 2.25. The number of hydrogen-bond acceptors (Lipinski definition) is 4. The second-order valence-corrected chi connectivity index (χ2v) is 6.25. The van der Waals surface area contributed by atoms with Crippen LogP contribution in [0.15, 0.2) is 12.4 Å². The van der Waals surface area contributed by atoms with E-state index in [1.54, 1.807) is 13.3 Å². The predicted molar refractivity (Wildman–Crippen MR) is 75.0 cm³/mol. The molecule has 104 valence electrons. The molecule has 0 bridgehead atoms. The molecule has 5 heteroatoms. The molecule has 2 rings (SSSR count). The third kappa shape index (κ3) is 3.66. The Labute approximate surface area is 114 Å². The van der Waals surface area contributed by atoms with Crippen LogP contribution in [0.4, 0.5) is 5.82 Å². The molecule has 1 aliphatic carbocycles. The van der Waals surface area contributed by atoms with E-state index in [4.69, 9.17) is 0 Å². The molecular formula is C14H22N4O. The quantitative estimate of drug-likeness (QED) is 0.872. The largest absolute Gasteiger partial charge is 0.367 e. The highest BCUT2D eigenvalue weighted by Gasteiger charge is 2.30. The summed E-state index contributed by atoms with van der Waals surface area (Å²) in [7, 11) is 0. The van der Waals surface area contributed by atoms with Crippen LogP contribution in [0.1, 0.15) is 46.2 Å². The number of aromatic nitrogens is 2. The normalized spacial score (nSPS) is 22.5. The Morgan fingerprint density at radius 2 is 1.95 bits per heavy atom. The minimum absolute atomic E-state index is 0.0255. The number of nitrogens with one attached hydrogen (secondary N) is 2. The maximum absolute atomic E-state index is 10.9. The molecule has 1 aliphatic rings. The van der Waals surface area contributed by atoms with E-state index in [9.17, 15) is 4.79 Å². The van der Waals surface area contributed by atoms with Gasteiger partial charge in [-0.25, -0.2) is 9.97 Å². The van der Waals surface area contributed by atoms with Gasteiger partial charge in [0.15, 0.2) is 0 Å². The second-order valence-electron chi connectivity index (χ2n) is 6.25. The number of hydrogen-bond donors (Lipinski definition) is 2. The second kappa shape index (κ2) is 5.15. The Kier molecular flexibility index (Phi) is 3.73. The van der Waals surface area contributed by atoms with E-state index in [2.05, 4.69) is 41.4 Å². The third-order valence-corrected chi connectivity index (χ3v) is 3.33. The van der Waals surface area contributed by atoms with Gasteiger partial charge in [-0.2, -0.15) is 0 Å². The van der Waals surface area contributed by atoms with Crippen LogP contribution in [0.5, 0.6) is 0 Å². The molecule has 0 spiro atoms. The van der Waals surface area contributed by atoms with Crippen molar-refractivity contribution in [3.05, 3.63) is 18.1 Å². The average molecular weight is 262 g/mol. The molecule has 1 fully saturated rings. The van der Waals surface area contributed by atoms with Crippen molar-refractivity contribution in [2.45, 2.75) is 58.0 Å². The number of carbonyl (C=O) groups is 1. The Balaban J connectivity index is 1.90.